The molecule has 0 atom stereocenters. The van der Waals surface area contributed by atoms with Crippen molar-refractivity contribution in [3.05, 3.63) is 107 Å². The molecule has 0 radical (unpaired) electrons. The number of ether oxygens (including phenoxy) is 1. The molecule has 232 valence electrons. The summed E-state index contributed by atoms with van der Waals surface area (Å²) in [5.74, 6) is 1.11. The molecular weight excluding hydrogens is 580 g/mol. The number of rotatable bonds is 7. The Kier molecular flexibility index (Phi) is 7.23. The molecule has 8 rings (SSSR count). The van der Waals surface area contributed by atoms with Crippen molar-refractivity contribution < 1.29 is 19.4 Å². The number of aliphatic hydroxyl groups is 1. The van der Waals surface area contributed by atoms with Gasteiger partial charge in [0.2, 0.25) is 0 Å². The van der Waals surface area contributed by atoms with E-state index in [1.807, 2.05) is 47.1 Å². The number of imidazole rings is 1. The second kappa shape index (κ2) is 11.7. The first kappa shape index (κ1) is 28.4. The monoisotopic (exact) mass is 614 g/mol. The predicted octanol–water partition coefficient (Wildman–Crippen LogP) is 5.18. The Morgan fingerprint density at radius 2 is 1.87 bits per heavy atom. The standard InChI is InChI=1S/C36H34N6O4/c43-22-30-28(2-1-3-32(30)42-12-10-25-18-24(23-4-5-23)6-8-29(25)36(42)45)27-19-31(34-37-11-13-41(34)21-27)39-33-9-7-26(20-38-33)35(44)40-14-16-46-17-15-40/h1-3,6-9,11,13,18-21,23,43H,4-5,10,12,14-17,22H2,(H,38,39). The highest BCUT2D eigenvalue weighted by atomic mass is 16.5. The number of hydrogen-bond acceptors (Lipinski definition) is 7. The van der Waals surface area contributed by atoms with Gasteiger partial charge in [0.1, 0.15) is 5.82 Å². The molecule has 2 fully saturated rings. The summed E-state index contributed by atoms with van der Waals surface area (Å²) in [6.45, 7) is 2.55. The number of nitrogens with zero attached hydrogens (tertiary/aromatic N) is 5. The maximum atomic E-state index is 13.8. The molecule has 10 heteroatoms. The minimum atomic E-state index is -0.228. The van der Waals surface area contributed by atoms with Crippen LogP contribution in [0.3, 0.4) is 0 Å². The Morgan fingerprint density at radius 1 is 1.00 bits per heavy atom. The first-order valence-corrected chi connectivity index (χ1v) is 15.8. The molecule has 5 aromatic rings. The Morgan fingerprint density at radius 3 is 2.65 bits per heavy atom. The number of pyridine rings is 2. The zero-order valence-electron chi connectivity index (χ0n) is 25.4. The number of carbonyl (C=O) groups is 2. The second-order valence-electron chi connectivity index (χ2n) is 12.1. The van der Waals surface area contributed by atoms with Crippen molar-refractivity contribution in [2.75, 3.05) is 43.1 Å². The zero-order chi connectivity index (χ0) is 31.2. The number of aliphatic hydroxyl groups excluding tert-OH is 1. The van der Waals surface area contributed by atoms with E-state index in [4.69, 9.17) is 4.74 Å². The minimum absolute atomic E-state index is 0.0375. The summed E-state index contributed by atoms with van der Waals surface area (Å²) in [4.78, 5) is 39.3. The van der Waals surface area contributed by atoms with Crippen LogP contribution in [-0.4, -0.2) is 69.0 Å². The van der Waals surface area contributed by atoms with Crippen molar-refractivity contribution >= 4 is 34.7 Å². The number of morpholine rings is 1. The number of anilines is 3. The average Bonchev–Trinajstić information content (AvgIpc) is 3.85. The molecule has 3 aliphatic rings. The molecule has 0 spiro atoms. The lowest BCUT2D eigenvalue weighted by Gasteiger charge is -2.31. The summed E-state index contributed by atoms with van der Waals surface area (Å²) in [5.41, 5.74) is 8.19. The van der Waals surface area contributed by atoms with Crippen LogP contribution in [0.2, 0.25) is 0 Å². The molecule has 2 aliphatic heterocycles. The van der Waals surface area contributed by atoms with Gasteiger partial charge in [-0.05, 0) is 72.2 Å². The molecule has 2 amide bonds. The minimum Gasteiger partial charge on any atom is -0.392 e. The number of hydrogen-bond donors (Lipinski definition) is 2. The van der Waals surface area contributed by atoms with Crippen LogP contribution in [-0.2, 0) is 17.8 Å². The summed E-state index contributed by atoms with van der Waals surface area (Å²) in [7, 11) is 0. The summed E-state index contributed by atoms with van der Waals surface area (Å²) in [5, 5.41) is 14.1. The maximum absolute atomic E-state index is 13.8. The van der Waals surface area contributed by atoms with Crippen LogP contribution in [0.15, 0.2) is 79.4 Å². The summed E-state index contributed by atoms with van der Waals surface area (Å²) < 4.78 is 7.28. The summed E-state index contributed by atoms with van der Waals surface area (Å²) in [6.07, 6.45) is 10.4. The van der Waals surface area contributed by atoms with E-state index >= 15 is 0 Å². The van der Waals surface area contributed by atoms with Gasteiger partial charge in [0.25, 0.3) is 11.8 Å². The third-order valence-electron chi connectivity index (χ3n) is 9.23. The Balaban J connectivity index is 1.10. The molecule has 2 N–H and O–H groups in total. The van der Waals surface area contributed by atoms with Crippen LogP contribution in [0, 0.1) is 0 Å². The predicted molar refractivity (Wildman–Crippen MR) is 175 cm³/mol. The maximum Gasteiger partial charge on any atom is 0.258 e. The molecular formula is C36H34N6O4. The third-order valence-corrected chi connectivity index (χ3v) is 9.23. The van der Waals surface area contributed by atoms with E-state index in [9.17, 15) is 14.7 Å². The largest absolute Gasteiger partial charge is 0.392 e. The van der Waals surface area contributed by atoms with Crippen LogP contribution < -0.4 is 10.2 Å². The highest BCUT2D eigenvalue weighted by Crippen LogP contribution is 2.42. The van der Waals surface area contributed by atoms with Gasteiger partial charge in [0, 0.05) is 61.1 Å². The molecule has 1 aliphatic carbocycles. The highest BCUT2D eigenvalue weighted by molar-refractivity contribution is 6.09. The molecule has 5 heterocycles. The van der Waals surface area contributed by atoms with Gasteiger partial charge in [0.05, 0.1) is 36.8 Å². The fourth-order valence-electron chi connectivity index (χ4n) is 6.63. The van der Waals surface area contributed by atoms with Crippen molar-refractivity contribution in [2.45, 2.75) is 31.8 Å². The van der Waals surface area contributed by atoms with Crippen LogP contribution >= 0.6 is 0 Å². The summed E-state index contributed by atoms with van der Waals surface area (Å²) >= 11 is 0. The number of fused-ring (bicyclic) bond motifs is 2. The van der Waals surface area contributed by atoms with E-state index in [0.29, 0.717) is 72.7 Å². The smallest absolute Gasteiger partial charge is 0.258 e. The van der Waals surface area contributed by atoms with Gasteiger partial charge in [0.15, 0.2) is 5.65 Å². The number of nitrogens with one attached hydrogen (secondary N) is 1. The van der Waals surface area contributed by atoms with E-state index in [0.717, 1.165) is 28.7 Å². The van der Waals surface area contributed by atoms with Crippen molar-refractivity contribution in [2.24, 2.45) is 0 Å². The number of amides is 2. The molecule has 1 saturated heterocycles. The molecule has 0 unspecified atom stereocenters. The summed E-state index contributed by atoms with van der Waals surface area (Å²) in [6, 6.07) is 17.6. The van der Waals surface area contributed by atoms with Gasteiger partial charge in [-0.25, -0.2) is 9.97 Å². The van der Waals surface area contributed by atoms with Gasteiger partial charge < -0.3 is 29.4 Å². The normalized spacial score (nSPS) is 16.5. The van der Waals surface area contributed by atoms with Crippen molar-refractivity contribution in [3.8, 4) is 11.1 Å². The fourth-order valence-corrected chi connectivity index (χ4v) is 6.63. The van der Waals surface area contributed by atoms with Crippen LogP contribution in [0.1, 0.15) is 56.2 Å². The SMILES string of the molecule is O=C(c1ccc(Nc2cc(-c3cccc(N4CCc5cc(C6CC6)ccc5C4=O)c3CO)cn3ccnc23)nc1)N1CCOCC1. The number of benzene rings is 2. The van der Waals surface area contributed by atoms with Crippen molar-refractivity contribution in [1.29, 1.82) is 0 Å². The molecule has 3 aromatic heterocycles. The van der Waals surface area contributed by atoms with E-state index in [2.05, 4.69) is 27.4 Å². The first-order chi connectivity index (χ1) is 22.6. The molecule has 0 bridgehead atoms. The van der Waals surface area contributed by atoms with Gasteiger partial charge in [-0.3, -0.25) is 9.59 Å². The average molecular weight is 615 g/mol. The third kappa shape index (κ3) is 5.19. The second-order valence-corrected chi connectivity index (χ2v) is 12.1. The molecule has 1 saturated carbocycles. The first-order valence-electron chi connectivity index (χ1n) is 15.8. The van der Waals surface area contributed by atoms with E-state index in [1.165, 1.54) is 18.4 Å². The van der Waals surface area contributed by atoms with Crippen molar-refractivity contribution in [1.82, 2.24) is 19.3 Å². The Hall–Kier alpha value is -5.06. The van der Waals surface area contributed by atoms with Gasteiger partial charge in [-0.15, -0.1) is 0 Å². The molecule has 10 nitrogen and oxygen atoms in total. The molecule has 2 aromatic carbocycles. The Labute approximate surface area is 266 Å². The van der Waals surface area contributed by atoms with Crippen LogP contribution in [0.5, 0.6) is 0 Å². The van der Waals surface area contributed by atoms with Gasteiger partial charge in [-0.1, -0.05) is 24.3 Å². The van der Waals surface area contributed by atoms with E-state index < -0.39 is 0 Å². The lowest BCUT2D eigenvalue weighted by atomic mass is 9.93. The molecule has 46 heavy (non-hydrogen) atoms. The topological polar surface area (TPSA) is 112 Å². The Bertz CT molecular complexity index is 1960. The van der Waals surface area contributed by atoms with Crippen LogP contribution in [0.25, 0.3) is 16.8 Å². The van der Waals surface area contributed by atoms with Crippen molar-refractivity contribution in [3.63, 3.8) is 0 Å². The van der Waals surface area contributed by atoms with Crippen LogP contribution in [0.4, 0.5) is 17.2 Å². The van der Waals surface area contributed by atoms with Gasteiger partial charge >= 0.3 is 0 Å². The van der Waals surface area contributed by atoms with E-state index in [-0.39, 0.29) is 18.4 Å². The lowest BCUT2D eigenvalue weighted by Crippen LogP contribution is -2.40. The quantitative estimate of drug-likeness (QED) is 0.260. The number of aromatic nitrogens is 3. The lowest BCUT2D eigenvalue weighted by molar-refractivity contribution is 0.0302. The number of carbonyl (C=O) groups excluding carboxylic acids is 2. The van der Waals surface area contributed by atoms with E-state index in [1.54, 1.807) is 34.3 Å². The van der Waals surface area contributed by atoms with Gasteiger partial charge in [-0.2, -0.15) is 0 Å². The highest BCUT2D eigenvalue weighted by Gasteiger charge is 2.30. The fraction of sp³-hybridized carbons (Fsp3) is 0.278. The zero-order valence-corrected chi connectivity index (χ0v) is 25.4.